The fourth-order valence-electron chi connectivity index (χ4n) is 3.50. The first-order valence-electron chi connectivity index (χ1n) is 9.18. The maximum Gasteiger partial charge on any atom is 0.263 e. The lowest BCUT2D eigenvalue weighted by Gasteiger charge is -2.29. The lowest BCUT2D eigenvalue weighted by atomic mass is 9.98. The Labute approximate surface area is 167 Å². The number of nitrogens with one attached hydrogen (secondary N) is 1. The molecule has 0 saturated heterocycles. The summed E-state index contributed by atoms with van der Waals surface area (Å²) in [6.45, 7) is 2.90. The largest absolute Gasteiger partial charge is 0.481 e. The zero-order valence-corrected chi connectivity index (χ0v) is 16.2. The maximum absolute atomic E-state index is 13.4. The molecule has 0 spiro atoms. The lowest BCUT2D eigenvalue weighted by Crippen LogP contribution is -2.42. The van der Waals surface area contributed by atoms with Gasteiger partial charge in [0.1, 0.15) is 11.6 Å². The summed E-state index contributed by atoms with van der Waals surface area (Å²) in [5, 5.41) is 1.62. The minimum Gasteiger partial charge on any atom is -0.481 e. The fraction of sp³-hybridized carbons (Fsp3) is 0.227. The number of carbonyl (C=O) groups excluding carboxylic acids is 1. The number of halogens is 2. The molecule has 1 unspecified atom stereocenters. The van der Waals surface area contributed by atoms with E-state index >= 15 is 0 Å². The number of carbonyl (C=O) groups is 1. The molecule has 4 nitrogen and oxygen atoms in total. The van der Waals surface area contributed by atoms with Gasteiger partial charge in [0.05, 0.1) is 0 Å². The minimum atomic E-state index is -0.577. The van der Waals surface area contributed by atoms with E-state index < -0.39 is 6.10 Å². The predicted octanol–water partition coefficient (Wildman–Crippen LogP) is 5.04. The molecule has 0 fully saturated rings. The van der Waals surface area contributed by atoms with Gasteiger partial charge in [0.25, 0.3) is 5.91 Å². The smallest absolute Gasteiger partial charge is 0.263 e. The summed E-state index contributed by atoms with van der Waals surface area (Å²) in [7, 11) is 0. The van der Waals surface area contributed by atoms with Crippen LogP contribution in [0.2, 0.25) is 5.02 Å². The number of hydrogen-bond donors (Lipinski definition) is 1. The van der Waals surface area contributed by atoms with E-state index in [1.807, 2.05) is 6.20 Å². The Balaban J connectivity index is 1.44. The standard InChI is InChI=1S/C22H20ClFN2O2/c1-14(28-18-5-2-16(23)3-6-18)22(27)26-10-8-15(9-11-26)20-13-25-21-12-17(24)4-7-19(20)21/h2-8,12-14,25H,9-11H2,1H3. The Morgan fingerprint density at radius 3 is 2.75 bits per heavy atom. The van der Waals surface area contributed by atoms with Gasteiger partial charge in [-0.05, 0) is 61.4 Å². The molecule has 4 rings (SSSR count). The number of H-pyrrole nitrogens is 1. The van der Waals surface area contributed by atoms with E-state index in [-0.39, 0.29) is 11.7 Å². The van der Waals surface area contributed by atoms with Crippen LogP contribution in [0.1, 0.15) is 18.9 Å². The summed E-state index contributed by atoms with van der Waals surface area (Å²) in [5.41, 5.74) is 3.00. The van der Waals surface area contributed by atoms with E-state index in [1.165, 1.54) is 12.1 Å². The first-order chi connectivity index (χ1) is 13.5. The Kier molecular flexibility index (Phi) is 5.09. The fourth-order valence-corrected chi connectivity index (χ4v) is 3.63. The van der Waals surface area contributed by atoms with Crippen LogP contribution in [0.3, 0.4) is 0 Å². The summed E-state index contributed by atoms with van der Waals surface area (Å²) in [4.78, 5) is 17.6. The zero-order valence-electron chi connectivity index (χ0n) is 15.4. The van der Waals surface area contributed by atoms with E-state index in [4.69, 9.17) is 16.3 Å². The van der Waals surface area contributed by atoms with Crippen LogP contribution in [0, 0.1) is 5.82 Å². The number of rotatable bonds is 4. The molecule has 0 saturated carbocycles. The van der Waals surface area contributed by atoms with Crippen LogP contribution >= 0.6 is 11.6 Å². The number of benzene rings is 2. The predicted molar refractivity (Wildman–Crippen MR) is 109 cm³/mol. The van der Waals surface area contributed by atoms with Crippen molar-refractivity contribution in [1.29, 1.82) is 0 Å². The van der Waals surface area contributed by atoms with Crippen molar-refractivity contribution in [2.75, 3.05) is 13.1 Å². The quantitative estimate of drug-likeness (QED) is 0.668. The van der Waals surface area contributed by atoms with E-state index in [9.17, 15) is 9.18 Å². The summed E-state index contributed by atoms with van der Waals surface area (Å²) < 4.78 is 19.1. The van der Waals surface area contributed by atoms with Gasteiger partial charge in [-0.25, -0.2) is 4.39 Å². The highest BCUT2D eigenvalue weighted by atomic mass is 35.5. The van der Waals surface area contributed by atoms with Crippen LogP contribution in [0.4, 0.5) is 4.39 Å². The van der Waals surface area contributed by atoms with Crippen molar-refractivity contribution in [3.05, 3.63) is 71.1 Å². The zero-order chi connectivity index (χ0) is 19.7. The number of aromatic amines is 1. The van der Waals surface area contributed by atoms with Crippen LogP contribution in [-0.4, -0.2) is 35.0 Å². The monoisotopic (exact) mass is 398 g/mol. The third-order valence-electron chi connectivity index (χ3n) is 4.98. The van der Waals surface area contributed by atoms with E-state index in [1.54, 1.807) is 42.2 Å². The number of amides is 1. The minimum absolute atomic E-state index is 0.0498. The van der Waals surface area contributed by atoms with Crippen molar-refractivity contribution in [3.8, 4) is 5.75 Å². The summed E-state index contributed by atoms with van der Waals surface area (Å²) >= 11 is 5.87. The SMILES string of the molecule is CC(Oc1ccc(Cl)cc1)C(=O)N1CC=C(c2c[nH]c3cc(F)ccc23)CC1. The molecule has 28 heavy (non-hydrogen) atoms. The molecule has 0 radical (unpaired) electrons. The van der Waals surface area contributed by atoms with Gasteiger partial charge in [0, 0.05) is 40.8 Å². The van der Waals surface area contributed by atoms with Gasteiger partial charge in [-0.1, -0.05) is 17.7 Å². The maximum atomic E-state index is 13.4. The molecule has 2 heterocycles. The molecule has 0 bridgehead atoms. The first kappa shape index (κ1) is 18.6. The van der Waals surface area contributed by atoms with Crippen molar-refractivity contribution in [2.45, 2.75) is 19.4 Å². The highest BCUT2D eigenvalue weighted by Gasteiger charge is 2.24. The first-order valence-corrected chi connectivity index (χ1v) is 9.56. The molecule has 144 valence electrons. The number of nitrogens with zero attached hydrogens (tertiary/aromatic N) is 1. The molecule has 1 N–H and O–H groups in total. The van der Waals surface area contributed by atoms with Crippen LogP contribution in [0.15, 0.2) is 54.7 Å². The second-order valence-corrected chi connectivity index (χ2v) is 7.31. The average molecular weight is 399 g/mol. The summed E-state index contributed by atoms with van der Waals surface area (Å²) in [6.07, 6.45) is 4.12. The van der Waals surface area contributed by atoms with Crippen molar-refractivity contribution < 1.29 is 13.9 Å². The Morgan fingerprint density at radius 2 is 2.04 bits per heavy atom. The van der Waals surface area contributed by atoms with Crippen molar-refractivity contribution in [1.82, 2.24) is 9.88 Å². The molecular formula is C22H20ClFN2O2. The van der Waals surface area contributed by atoms with E-state index in [0.717, 1.165) is 28.5 Å². The molecule has 2 aromatic carbocycles. The van der Waals surface area contributed by atoms with Gasteiger partial charge >= 0.3 is 0 Å². The molecule has 1 atom stereocenters. The van der Waals surface area contributed by atoms with E-state index in [2.05, 4.69) is 11.1 Å². The molecule has 1 aliphatic rings. The van der Waals surface area contributed by atoms with Gasteiger partial charge < -0.3 is 14.6 Å². The molecule has 1 amide bonds. The second kappa shape index (κ2) is 7.68. The molecule has 3 aromatic rings. The molecule has 1 aliphatic heterocycles. The van der Waals surface area contributed by atoms with Gasteiger partial charge in [-0.15, -0.1) is 0 Å². The summed E-state index contributed by atoms with van der Waals surface area (Å²) in [6, 6.07) is 11.7. The van der Waals surface area contributed by atoms with Gasteiger partial charge in [0.15, 0.2) is 6.10 Å². The van der Waals surface area contributed by atoms with Gasteiger partial charge in [-0.2, -0.15) is 0 Å². The molecular weight excluding hydrogens is 379 g/mol. The van der Waals surface area contributed by atoms with Crippen LogP contribution in [0.25, 0.3) is 16.5 Å². The Bertz CT molecular complexity index is 1040. The molecule has 1 aromatic heterocycles. The van der Waals surface area contributed by atoms with E-state index in [0.29, 0.717) is 23.9 Å². The number of hydrogen-bond acceptors (Lipinski definition) is 2. The van der Waals surface area contributed by atoms with Crippen molar-refractivity contribution in [3.63, 3.8) is 0 Å². The number of fused-ring (bicyclic) bond motifs is 1. The third kappa shape index (κ3) is 3.76. The van der Waals surface area contributed by atoms with Crippen LogP contribution in [-0.2, 0) is 4.79 Å². The van der Waals surface area contributed by atoms with Crippen molar-refractivity contribution in [2.24, 2.45) is 0 Å². The highest BCUT2D eigenvalue weighted by Crippen LogP contribution is 2.30. The average Bonchev–Trinajstić information content (AvgIpc) is 3.12. The second-order valence-electron chi connectivity index (χ2n) is 6.87. The topological polar surface area (TPSA) is 45.3 Å². The van der Waals surface area contributed by atoms with Crippen LogP contribution < -0.4 is 4.74 Å². The third-order valence-corrected chi connectivity index (χ3v) is 5.24. The van der Waals surface area contributed by atoms with Gasteiger partial charge in [-0.3, -0.25) is 4.79 Å². The van der Waals surface area contributed by atoms with Crippen molar-refractivity contribution >= 4 is 34.0 Å². The summed E-state index contributed by atoms with van der Waals surface area (Å²) in [5.74, 6) is 0.306. The van der Waals surface area contributed by atoms with Crippen LogP contribution in [0.5, 0.6) is 5.75 Å². The highest BCUT2D eigenvalue weighted by molar-refractivity contribution is 6.30. The molecule has 6 heteroatoms. The number of aromatic nitrogens is 1. The Hall–Kier alpha value is -2.79. The number of ether oxygens (including phenoxy) is 1. The molecule has 0 aliphatic carbocycles. The van der Waals surface area contributed by atoms with Gasteiger partial charge in [0.2, 0.25) is 0 Å². The lowest BCUT2D eigenvalue weighted by molar-refractivity contribution is -0.137. The normalized spacial score (nSPS) is 15.4. The Morgan fingerprint density at radius 1 is 1.25 bits per heavy atom.